The maximum atomic E-state index is 13.6. The molecule has 2 heterocycles. The van der Waals surface area contributed by atoms with Gasteiger partial charge in [-0.1, -0.05) is 56.7 Å². The van der Waals surface area contributed by atoms with Crippen molar-refractivity contribution >= 4 is 28.9 Å². The van der Waals surface area contributed by atoms with Crippen LogP contribution in [0.25, 0.3) is 11.8 Å². The Morgan fingerprint density at radius 3 is 2.41 bits per heavy atom. The molecule has 3 aliphatic rings. The Bertz CT molecular complexity index is 1030. The molecule has 2 saturated carbocycles. The van der Waals surface area contributed by atoms with Gasteiger partial charge in [0.2, 0.25) is 0 Å². The number of benzene rings is 1. The highest BCUT2D eigenvalue weighted by Crippen LogP contribution is 2.38. The van der Waals surface area contributed by atoms with E-state index in [1.54, 1.807) is 11.8 Å². The van der Waals surface area contributed by atoms with E-state index in [1.165, 1.54) is 44.1 Å². The Labute approximate surface area is 195 Å². The molecule has 0 N–H and O–H groups in total. The summed E-state index contributed by atoms with van der Waals surface area (Å²) in [5.74, 6) is 0.147. The molecule has 1 saturated heterocycles. The highest BCUT2D eigenvalue weighted by atomic mass is 32.2. The van der Waals surface area contributed by atoms with Gasteiger partial charge in [0, 0.05) is 23.6 Å². The Morgan fingerprint density at radius 1 is 0.938 bits per heavy atom. The maximum Gasteiger partial charge on any atom is 0.267 e. The summed E-state index contributed by atoms with van der Waals surface area (Å²) in [4.78, 5) is 21.7. The first-order valence-corrected chi connectivity index (χ1v) is 13.1. The number of para-hydroxylation sites is 1. The molecule has 3 fully saturated rings. The van der Waals surface area contributed by atoms with E-state index in [1.807, 2.05) is 0 Å². The lowest BCUT2D eigenvalue weighted by Crippen LogP contribution is -2.41. The largest absolute Gasteiger partial charge is 0.317 e. The van der Waals surface area contributed by atoms with E-state index in [9.17, 15) is 4.79 Å². The number of hydrogen-bond donors (Lipinski definition) is 0. The number of amidine groups is 1. The van der Waals surface area contributed by atoms with Gasteiger partial charge in [0.15, 0.2) is 5.17 Å². The quantitative estimate of drug-likeness (QED) is 0.488. The topological polar surface area (TPSA) is 37.6 Å². The average Bonchev–Trinajstić information content (AvgIpc) is 3.40. The zero-order valence-corrected chi connectivity index (χ0v) is 19.8. The number of amides is 1. The Kier molecular flexibility index (Phi) is 6.54. The second-order valence-corrected chi connectivity index (χ2v) is 10.4. The van der Waals surface area contributed by atoms with Crippen LogP contribution in [0.2, 0.25) is 0 Å². The van der Waals surface area contributed by atoms with Crippen molar-refractivity contribution in [3.05, 3.63) is 58.8 Å². The SMILES string of the molecule is Cc1ccccc1-n1cccc1C=C1SC(=NC2CCCCC2)N(C2CCCCC2)C1=O. The minimum Gasteiger partial charge on any atom is -0.317 e. The van der Waals surface area contributed by atoms with Crippen molar-refractivity contribution < 1.29 is 4.79 Å². The molecule has 0 bridgehead atoms. The van der Waals surface area contributed by atoms with Crippen molar-refractivity contribution in [2.75, 3.05) is 0 Å². The molecule has 1 aliphatic heterocycles. The smallest absolute Gasteiger partial charge is 0.267 e. The zero-order chi connectivity index (χ0) is 21.9. The van der Waals surface area contributed by atoms with Crippen LogP contribution in [-0.2, 0) is 4.79 Å². The molecule has 32 heavy (non-hydrogen) atoms. The minimum atomic E-state index is 0.147. The first kappa shape index (κ1) is 21.6. The average molecular weight is 448 g/mol. The molecular weight excluding hydrogens is 414 g/mol. The molecule has 5 heteroatoms. The van der Waals surface area contributed by atoms with Gasteiger partial charge in [-0.25, -0.2) is 0 Å². The third kappa shape index (κ3) is 4.45. The van der Waals surface area contributed by atoms with Gasteiger partial charge < -0.3 is 4.57 Å². The third-order valence-electron chi connectivity index (χ3n) is 7.08. The summed E-state index contributed by atoms with van der Waals surface area (Å²) in [6.07, 6.45) is 16.2. The molecule has 0 radical (unpaired) electrons. The number of thioether (sulfide) groups is 1. The summed E-state index contributed by atoms with van der Waals surface area (Å²) in [6.45, 7) is 2.13. The molecule has 0 unspecified atom stereocenters. The molecular formula is C27H33N3OS. The standard InChI is InChI=1S/C27H33N3OS/c1-20-11-8-9-17-24(20)29-18-10-16-23(29)19-25-26(31)30(22-14-6-3-7-15-22)27(32-25)28-21-12-4-2-5-13-21/h8-11,16-19,21-22H,2-7,12-15H2,1H3. The maximum absolute atomic E-state index is 13.6. The molecule has 2 aliphatic carbocycles. The van der Waals surface area contributed by atoms with E-state index in [0.29, 0.717) is 12.1 Å². The molecule has 168 valence electrons. The number of aromatic nitrogens is 1. The number of carbonyl (C=O) groups excluding carboxylic acids is 1. The van der Waals surface area contributed by atoms with Crippen LogP contribution in [0.3, 0.4) is 0 Å². The van der Waals surface area contributed by atoms with Crippen molar-refractivity contribution in [2.45, 2.75) is 83.2 Å². The lowest BCUT2D eigenvalue weighted by atomic mass is 9.94. The molecule has 1 amide bonds. The number of hydrogen-bond acceptors (Lipinski definition) is 3. The van der Waals surface area contributed by atoms with E-state index >= 15 is 0 Å². The fourth-order valence-corrected chi connectivity index (χ4v) is 6.40. The normalized spacial score (nSPS) is 23.5. The lowest BCUT2D eigenvalue weighted by molar-refractivity contribution is -0.124. The van der Waals surface area contributed by atoms with Crippen LogP contribution in [0.15, 0.2) is 52.5 Å². The van der Waals surface area contributed by atoms with E-state index in [-0.39, 0.29) is 5.91 Å². The number of carbonyl (C=O) groups is 1. The van der Waals surface area contributed by atoms with Crippen LogP contribution >= 0.6 is 11.8 Å². The monoisotopic (exact) mass is 447 g/mol. The van der Waals surface area contributed by atoms with Crippen LogP contribution in [-0.4, -0.2) is 32.6 Å². The summed E-state index contributed by atoms with van der Waals surface area (Å²) >= 11 is 1.59. The fraction of sp³-hybridized carbons (Fsp3) is 0.481. The van der Waals surface area contributed by atoms with Crippen molar-refractivity contribution in [1.82, 2.24) is 9.47 Å². The third-order valence-corrected chi connectivity index (χ3v) is 8.08. The minimum absolute atomic E-state index is 0.147. The second kappa shape index (κ2) is 9.70. The Hall–Kier alpha value is -2.27. The lowest BCUT2D eigenvalue weighted by Gasteiger charge is -2.31. The molecule has 2 aromatic rings. The van der Waals surface area contributed by atoms with Gasteiger partial charge >= 0.3 is 0 Å². The molecule has 0 atom stereocenters. The Balaban J connectivity index is 1.48. The van der Waals surface area contributed by atoms with Gasteiger partial charge in [-0.15, -0.1) is 0 Å². The van der Waals surface area contributed by atoms with Gasteiger partial charge in [-0.3, -0.25) is 14.7 Å². The van der Waals surface area contributed by atoms with Crippen LogP contribution < -0.4 is 0 Å². The van der Waals surface area contributed by atoms with Crippen molar-refractivity contribution in [2.24, 2.45) is 4.99 Å². The molecule has 0 spiro atoms. The Morgan fingerprint density at radius 2 is 1.66 bits per heavy atom. The first-order valence-electron chi connectivity index (χ1n) is 12.2. The summed E-state index contributed by atoms with van der Waals surface area (Å²) in [5, 5.41) is 0.953. The second-order valence-electron chi connectivity index (χ2n) is 9.37. The van der Waals surface area contributed by atoms with Gasteiger partial charge in [0.25, 0.3) is 5.91 Å². The summed E-state index contributed by atoms with van der Waals surface area (Å²) in [5.41, 5.74) is 3.41. The van der Waals surface area contributed by atoms with Gasteiger partial charge in [0.05, 0.1) is 10.9 Å². The van der Waals surface area contributed by atoms with Crippen molar-refractivity contribution in [3.63, 3.8) is 0 Å². The van der Waals surface area contributed by atoms with Gasteiger partial charge in [-0.2, -0.15) is 0 Å². The van der Waals surface area contributed by atoms with Gasteiger partial charge in [-0.05, 0) is 74.2 Å². The predicted molar refractivity (Wildman–Crippen MR) is 134 cm³/mol. The van der Waals surface area contributed by atoms with Crippen molar-refractivity contribution in [3.8, 4) is 5.69 Å². The van der Waals surface area contributed by atoms with E-state index in [2.05, 4.69) is 65.1 Å². The molecule has 5 rings (SSSR count). The molecule has 1 aromatic carbocycles. The predicted octanol–water partition coefficient (Wildman–Crippen LogP) is 6.72. The number of aliphatic imine (C=N–C) groups is 1. The highest BCUT2D eigenvalue weighted by Gasteiger charge is 2.39. The van der Waals surface area contributed by atoms with Crippen LogP contribution in [0.1, 0.15) is 75.5 Å². The van der Waals surface area contributed by atoms with Gasteiger partial charge in [0.1, 0.15) is 0 Å². The molecule has 1 aromatic heterocycles. The van der Waals surface area contributed by atoms with Crippen LogP contribution in [0.4, 0.5) is 0 Å². The zero-order valence-electron chi connectivity index (χ0n) is 19.0. The van der Waals surface area contributed by atoms with E-state index < -0.39 is 0 Å². The molecule has 4 nitrogen and oxygen atoms in total. The van der Waals surface area contributed by atoms with Crippen molar-refractivity contribution in [1.29, 1.82) is 0 Å². The highest BCUT2D eigenvalue weighted by molar-refractivity contribution is 8.18. The number of nitrogens with zero attached hydrogens (tertiary/aromatic N) is 3. The van der Waals surface area contributed by atoms with Crippen LogP contribution in [0, 0.1) is 6.92 Å². The fourth-order valence-electron chi connectivity index (χ4n) is 5.30. The summed E-state index contributed by atoms with van der Waals surface area (Å²) in [6, 6.07) is 13.2. The number of rotatable bonds is 4. The first-order chi connectivity index (χ1) is 15.7. The van der Waals surface area contributed by atoms with Crippen LogP contribution in [0.5, 0.6) is 0 Å². The van der Waals surface area contributed by atoms with E-state index in [4.69, 9.17) is 4.99 Å². The van der Waals surface area contributed by atoms with E-state index in [0.717, 1.165) is 47.1 Å². The number of aryl methyl sites for hydroxylation is 1. The summed E-state index contributed by atoms with van der Waals surface area (Å²) in [7, 11) is 0. The summed E-state index contributed by atoms with van der Waals surface area (Å²) < 4.78 is 2.18.